The summed E-state index contributed by atoms with van der Waals surface area (Å²) in [6.45, 7) is 0.514. The largest absolute Gasteiger partial charge is 0.399 e. The van der Waals surface area contributed by atoms with Crippen molar-refractivity contribution in [3.05, 3.63) is 59.9 Å². The van der Waals surface area contributed by atoms with Crippen LogP contribution in [0.5, 0.6) is 0 Å². The number of pyridine rings is 1. The lowest BCUT2D eigenvalue weighted by Gasteiger charge is -2.16. The highest BCUT2D eigenvalue weighted by atomic mass is 16.2. The smallest absolute Gasteiger partial charge is 0.272 e. The van der Waals surface area contributed by atoms with Gasteiger partial charge < -0.3 is 10.6 Å². The summed E-state index contributed by atoms with van der Waals surface area (Å²) < 4.78 is 0. The van der Waals surface area contributed by atoms with E-state index in [2.05, 4.69) is 4.98 Å². The van der Waals surface area contributed by atoms with E-state index in [4.69, 9.17) is 5.73 Å². The van der Waals surface area contributed by atoms with Crippen molar-refractivity contribution in [3.8, 4) is 0 Å². The Morgan fingerprint density at radius 1 is 1.28 bits per heavy atom. The van der Waals surface area contributed by atoms with E-state index in [1.807, 2.05) is 24.3 Å². The molecule has 0 aliphatic heterocycles. The van der Waals surface area contributed by atoms with Gasteiger partial charge in [-0.15, -0.1) is 0 Å². The molecule has 1 aromatic heterocycles. The van der Waals surface area contributed by atoms with E-state index >= 15 is 0 Å². The molecule has 1 heterocycles. The number of amides is 1. The summed E-state index contributed by atoms with van der Waals surface area (Å²) in [6.07, 6.45) is 1.61. The van der Waals surface area contributed by atoms with Crippen molar-refractivity contribution in [2.75, 3.05) is 12.8 Å². The van der Waals surface area contributed by atoms with Crippen molar-refractivity contribution >= 4 is 11.6 Å². The molecule has 0 spiro atoms. The molecule has 0 aliphatic rings. The minimum atomic E-state index is -0.0991. The van der Waals surface area contributed by atoms with Gasteiger partial charge in [-0.3, -0.25) is 9.78 Å². The first-order valence-electron chi connectivity index (χ1n) is 5.68. The Morgan fingerprint density at radius 3 is 2.78 bits per heavy atom. The highest BCUT2D eigenvalue weighted by Gasteiger charge is 2.12. The fourth-order valence-corrected chi connectivity index (χ4v) is 1.72. The van der Waals surface area contributed by atoms with Gasteiger partial charge in [-0.1, -0.05) is 18.2 Å². The zero-order chi connectivity index (χ0) is 13.0. The maximum atomic E-state index is 12.1. The molecule has 0 saturated heterocycles. The van der Waals surface area contributed by atoms with Crippen molar-refractivity contribution in [1.82, 2.24) is 9.88 Å². The van der Waals surface area contributed by atoms with Crippen molar-refractivity contribution < 1.29 is 4.79 Å². The van der Waals surface area contributed by atoms with E-state index in [0.717, 1.165) is 5.56 Å². The second-order valence-corrected chi connectivity index (χ2v) is 4.12. The summed E-state index contributed by atoms with van der Waals surface area (Å²) in [7, 11) is 1.75. The number of nitrogen functional groups attached to an aromatic ring is 1. The lowest BCUT2D eigenvalue weighted by atomic mass is 10.2. The van der Waals surface area contributed by atoms with Crippen LogP contribution in [-0.2, 0) is 6.54 Å². The molecule has 0 radical (unpaired) electrons. The van der Waals surface area contributed by atoms with Gasteiger partial charge in [0.2, 0.25) is 0 Å². The predicted molar refractivity (Wildman–Crippen MR) is 70.9 cm³/mol. The molecule has 92 valence electrons. The second kappa shape index (κ2) is 5.31. The number of aromatic nitrogens is 1. The van der Waals surface area contributed by atoms with E-state index in [-0.39, 0.29) is 5.91 Å². The lowest BCUT2D eigenvalue weighted by Crippen LogP contribution is -2.26. The maximum absolute atomic E-state index is 12.1. The van der Waals surface area contributed by atoms with Crippen LogP contribution in [0.4, 0.5) is 5.69 Å². The Hall–Kier alpha value is -2.36. The number of nitrogens with two attached hydrogens (primary N) is 1. The monoisotopic (exact) mass is 241 g/mol. The Kier molecular flexibility index (Phi) is 3.57. The van der Waals surface area contributed by atoms with Crippen LogP contribution in [0.3, 0.4) is 0 Å². The van der Waals surface area contributed by atoms with E-state index in [0.29, 0.717) is 17.9 Å². The highest BCUT2D eigenvalue weighted by molar-refractivity contribution is 5.92. The number of nitrogens with zero attached hydrogens (tertiary/aromatic N) is 2. The number of hydrogen-bond donors (Lipinski definition) is 1. The maximum Gasteiger partial charge on any atom is 0.272 e. The zero-order valence-electron chi connectivity index (χ0n) is 10.2. The third kappa shape index (κ3) is 2.85. The lowest BCUT2D eigenvalue weighted by molar-refractivity contribution is 0.0779. The Balaban J connectivity index is 2.09. The molecule has 0 atom stereocenters. The van der Waals surface area contributed by atoms with Gasteiger partial charge >= 0.3 is 0 Å². The van der Waals surface area contributed by atoms with Crippen LogP contribution < -0.4 is 5.73 Å². The number of hydrogen-bond acceptors (Lipinski definition) is 3. The molecule has 1 aromatic carbocycles. The number of anilines is 1. The molecule has 2 rings (SSSR count). The van der Waals surface area contributed by atoms with Crippen LogP contribution in [0.1, 0.15) is 16.1 Å². The molecular formula is C14H15N3O. The van der Waals surface area contributed by atoms with Crippen molar-refractivity contribution in [2.24, 2.45) is 0 Å². The molecule has 4 heteroatoms. The van der Waals surface area contributed by atoms with Gasteiger partial charge in [0.1, 0.15) is 5.69 Å². The number of carbonyl (C=O) groups excluding carboxylic acids is 1. The van der Waals surface area contributed by atoms with Crippen molar-refractivity contribution in [2.45, 2.75) is 6.54 Å². The Morgan fingerprint density at radius 2 is 2.11 bits per heavy atom. The SMILES string of the molecule is CN(Cc1cccc(N)c1)C(=O)c1ccccn1. The topological polar surface area (TPSA) is 59.2 Å². The summed E-state index contributed by atoms with van der Waals surface area (Å²) in [5.41, 5.74) is 7.86. The first kappa shape index (κ1) is 12.1. The third-order valence-corrected chi connectivity index (χ3v) is 2.60. The molecule has 0 saturated carbocycles. The van der Waals surface area contributed by atoms with Crippen LogP contribution in [0.15, 0.2) is 48.7 Å². The first-order chi connectivity index (χ1) is 8.66. The first-order valence-corrected chi connectivity index (χ1v) is 5.68. The Labute approximate surface area is 106 Å². The summed E-state index contributed by atoms with van der Waals surface area (Å²) in [4.78, 5) is 17.7. The van der Waals surface area contributed by atoms with Gasteiger partial charge in [0.05, 0.1) is 0 Å². The van der Waals surface area contributed by atoms with E-state index in [9.17, 15) is 4.79 Å². The quantitative estimate of drug-likeness (QED) is 0.835. The minimum Gasteiger partial charge on any atom is -0.399 e. The van der Waals surface area contributed by atoms with Crippen LogP contribution >= 0.6 is 0 Å². The second-order valence-electron chi connectivity index (χ2n) is 4.12. The Bertz CT molecular complexity index is 540. The summed E-state index contributed by atoms with van der Waals surface area (Å²) in [6, 6.07) is 12.8. The molecule has 0 aliphatic carbocycles. The van der Waals surface area contributed by atoms with Gasteiger partial charge in [0.25, 0.3) is 5.91 Å². The van der Waals surface area contributed by atoms with E-state index in [1.165, 1.54) is 0 Å². The normalized spacial score (nSPS) is 10.1. The fourth-order valence-electron chi connectivity index (χ4n) is 1.72. The average Bonchev–Trinajstić information content (AvgIpc) is 2.39. The van der Waals surface area contributed by atoms with Gasteiger partial charge in [0, 0.05) is 25.5 Å². The predicted octanol–water partition coefficient (Wildman–Crippen LogP) is 1.94. The van der Waals surface area contributed by atoms with Gasteiger partial charge in [-0.2, -0.15) is 0 Å². The molecule has 0 unspecified atom stereocenters. The zero-order valence-corrected chi connectivity index (χ0v) is 10.2. The van der Waals surface area contributed by atoms with Gasteiger partial charge in [-0.05, 0) is 29.8 Å². The highest BCUT2D eigenvalue weighted by Crippen LogP contribution is 2.10. The minimum absolute atomic E-state index is 0.0991. The molecule has 0 fully saturated rings. The molecule has 4 nitrogen and oxygen atoms in total. The fraction of sp³-hybridized carbons (Fsp3) is 0.143. The molecular weight excluding hydrogens is 226 g/mol. The average molecular weight is 241 g/mol. The standard InChI is InChI=1S/C14H15N3O/c1-17(10-11-5-4-6-12(15)9-11)14(18)13-7-2-3-8-16-13/h2-9H,10,15H2,1H3. The van der Waals surface area contributed by atoms with Crippen LogP contribution in [-0.4, -0.2) is 22.8 Å². The molecule has 1 amide bonds. The van der Waals surface area contributed by atoms with Gasteiger partial charge in [-0.25, -0.2) is 0 Å². The van der Waals surface area contributed by atoms with Gasteiger partial charge in [0.15, 0.2) is 0 Å². The molecule has 18 heavy (non-hydrogen) atoms. The van der Waals surface area contributed by atoms with E-state index < -0.39 is 0 Å². The third-order valence-electron chi connectivity index (χ3n) is 2.60. The molecule has 2 aromatic rings. The van der Waals surface area contributed by atoms with Crippen molar-refractivity contribution in [1.29, 1.82) is 0 Å². The molecule has 0 bridgehead atoms. The van der Waals surface area contributed by atoms with Crippen LogP contribution in [0.2, 0.25) is 0 Å². The van der Waals surface area contributed by atoms with Crippen LogP contribution in [0, 0.1) is 0 Å². The van der Waals surface area contributed by atoms with E-state index in [1.54, 1.807) is 36.3 Å². The van der Waals surface area contributed by atoms with Crippen molar-refractivity contribution in [3.63, 3.8) is 0 Å². The summed E-state index contributed by atoms with van der Waals surface area (Å²) in [5.74, 6) is -0.0991. The number of carbonyl (C=O) groups is 1. The van der Waals surface area contributed by atoms with Crippen LogP contribution in [0.25, 0.3) is 0 Å². The number of benzene rings is 1. The summed E-state index contributed by atoms with van der Waals surface area (Å²) >= 11 is 0. The molecule has 2 N–H and O–H groups in total. The summed E-state index contributed by atoms with van der Waals surface area (Å²) in [5, 5.41) is 0. The number of rotatable bonds is 3.